The SMILES string of the molecule is CC1CC1CNC(=O)C(N)CCC(=O)O. The number of rotatable bonds is 6. The summed E-state index contributed by atoms with van der Waals surface area (Å²) in [6.07, 6.45) is 1.29. The Morgan fingerprint density at radius 2 is 2.20 bits per heavy atom. The van der Waals surface area contributed by atoms with Crippen molar-refractivity contribution in [1.82, 2.24) is 5.32 Å². The lowest BCUT2D eigenvalue weighted by Crippen LogP contribution is -2.41. The van der Waals surface area contributed by atoms with Crippen molar-refractivity contribution in [2.75, 3.05) is 6.54 Å². The molecule has 1 fully saturated rings. The van der Waals surface area contributed by atoms with E-state index in [0.29, 0.717) is 18.4 Å². The molecule has 0 aromatic carbocycles. The van der Waals surface area contributed by atoms with Crippen LogP contribution in [-0.2, 0) is 9.59 Å². The van der Waals surface area contributed by atoms with Crippen LogP contribution in [0, 0.1) is 11.8 Å². The first-order valence-electron chi connectivity index (χ1n) is 5.25. The molecule has 86 valence electrons. The number of aliphatic carboxylic acids is 1. The molecular formula is C10H18N2O3. The molecule has 0 aromatic rings. The van der Waals surface area contributed by atoms with Crippen LogP contribution in [0.15, 0.2) is 0 Å². The minimum Gasteiger partial charge on any atom is -0.481 e. The van der Waals surface area contributed by atoms with E-state index in [1.54, 1.807) is 0 Å². The molecule has 3 unspecified atom stereocenters. The average molecular weight is 214 g/mol. The van der Waals surface area contributed by atoms with Gasteiger partial charge in [-0.3, -0.25) is 9.59 Å². The summed E-state index contributed by atoms with van der Waals surface area (Å²) in [5.74, 6) is 0.116. The average Bonchev–Trinajstić information content (AvgIpc) is 2.87. The van der Waals surface area contributed by atoms with Crippen molar-refractivity contribution in [2.24, 2.45) is 17.6 Å². The molecule has 1 aliphatic rings. The van der Waals surface area contributed by atoms with E-state index in [-0.39, 0.29) is 18.7 Å². The summed E-state index contributed by atoms with van der Waals surface area (Å²) in [5.41, 5.74) is 5.53. The minimum atomic E-state index is -0.922. The molecule has 0 aliphatic heterocycles. The fourth-order valence-corrected chi connectivity index (χ4v) is 1.46. The molecule has 1 aliphatic carbocycles. The Kier molecular flexibility index (Phi) is 4.08. The van der Waals surface area contributed by atoms with E-state index >= 15 is 0 Å². The first-order chi connectivity index (χ1) is 7.00. The van der Waals surface area contributed by atoms with Gasteiger partial charge in [0.15, 0.2) is 0 Å². The smallest absolute Gasteiger partial charge is 0.303 e. The van der Waals surface area contributed by atoms with Gasteiger partial charge in [0.05, 0.1) is 6.04 Å². The van der Waals surface area contributed by atoms with Crippen LogP contribution in [0.1, 0.15) is 26.2 Å². The first-order valence-corrected chi connectivity index (χ1v) is 5.25. The van der Waals surface area contributed by atoms with Crippen LogP contribution < -0.4 is 11.1 Å². The summed E-state index contributed by atoms with van der Waals surface area (Å²) < 4.78 is 0. The van der Waals surface area contributed by atoms with Crippen molar-refractivity contribution in [1.29, 1.82) is 0 Å². The molecule has 5 nitrogen and oxygen atoms in total. The Labute approximate surface area is 89.0 Å². The number of amides is 1. The van der Waals surface area contributed by atoms with E-state index in [1.807, 2.05) is 0 Å². The van der Waals surface area contributed by atoms with Gasteiger partial charge >= 0.3 is 5.97 Å². The van der Waals surface area contributed by atoms with E-state index in [9.17, 15) is 9.59 Å². The number of nitrogens with two attached hydrogens (primary N) is 1. The van der Waals surface area contributed by atoms with E-state index < -0.39 is 12.0 Å². The summed E-state index contributed by atoms with van der Waals surface area (Å²) in [7, 11) is 0. The Morgan fingerprint density at radius 3 is 2.67 bits per heavy atom. The second-order valence-electron chi connectivity index (χ2n) is 4.26. The van der Waals surface area contributed by atoms with Crippen molar-refractivity contribution in [3.63, 3.8) is 0 Å². The normalized spacial score (nSPS) is 25.7. The molecule has 1 saturated carbocycles. The molecular weight excluding hydrogens is 196 g/mol. The minimum absolute atomic E-state index is 0.0611. The second kappa shape index (κ2) is 5.11. The lowest BCUT2D eigenvalue weighted by Gasteiger charge is -2.10. The maximum absolute atomic E-state index is 11.4. The molecule has 15 heavy (non-hydrogen) atoms. The van der Waals surface area contributed by atoms with E-state index in [0.717, 1.165) is 6.42 Å². The van der Waals surface area contributed by atoms with Gasteiger partial charge in [-0.1, -0.05) is 6.92 Å². The van der Waals surface area contributed by atoms with Crippen LogP contribution >= 0.6 is 0 Å². The van der Waals surface area contributed by atoms with Gasteiger partial charge in [0.25, 0.3) is 0 Å². The highest BCUT2D eigenvalue weighted by molar-refractivity contribution is 5.82. The van der Waals surface area contributed by atoms with Crippen LogP contribution in [0.2, 0.25) is 0 Å². The lowest BCUT2D eigenvalue weighted by molar-refractivity contribution is -0.137. The number of carboxylic acids is 1. The third kappa shape index (κ3) is 4.29. The summed E-state index contributed by atoms with van der Waals surface area (Å²) in [5, 5.41) is 11.2. The quantitative estimate of drug-likeness (QED) is 0.578. The summed E-state index contributed by atoms with van der Waals surface area (Å²) in [6.45, 7) is 2.81. The fourth-order valence-electron chi connectivity index (χ4n) is 1.46. The maximum Gasteiger partial charge on any atom is 0.303 e. The van der Waals surface area contributed by atoms with E-state index in [2.05, 4.69) is 12.2 Å². The molecule has 1 amide bonds. The lowest BCUT2D eigenvalue weighted by atomic mass is 10.1. The van der Waals surface area contributed by atoms with Gasteiger partial charge in [0.1, 0.15) is 0 Å². The maximum atomic E-state index is 11.4. The van der Waals surface area contributed by atoms with Crippen LogP contribution in [-0.4, -0.2) is 29.6 Å². The monoisotopic (exact) mass is 214 g/mol. The third-order valence-corrected chi connectivity index (χ3v) is 2.82. The number of nitrogens with one attached hydrogen (secondary N) is 1. The standard InChI is InChI=1S/C10H18N2O3/c1-6-4-7(6)5-12-10(15)8(11)2-3-9(13)14/h6-8H,2-5,11H2,1H3,(H,12,15)(H,13,14). The Morgan fingerprint density at radius 1 is 1.60 bits per heavy atom. The van der Waals surface area contributed by atoms with Gasteiger partial charge < -0.3 is 16.2 Å². The molecule has 5 heteroatoms. The highest BCUT2D eigenvalue weighted by atomic mass is 16.4. The van der Waals surface area contributed by atoms with E-state index in [1.165, 1.54) is 0 Å². The molecule has 1 rings (SSSR count). The molecule has 4 N–H and O–H groups in total. The number of carboxylic acid groups (broad SMARTS) is 1. The van der Waals surface area contributed by atoms with Gasteiger partial charge in [-0.15, -0.1) is 0 Å². The van der Waals surface area contributed by atoms with E-state index in [4.69, 9.17) is 10.8 Å². The fraction of sp³-hybridized carbons (Fsp3) is 0.800. The summed E-state index contributed by atoms with van der Waals surface area (Å²) >= 11 is 0. The third-order valence-electron chi connectivity index (χ3n) is 2.82. The van der Waals surface area contributed by atoms with Crippen LogP contribution in [0.25, 0.3) is 0 Å². The van der Waals surface area contributed by atoms with Crippen molar-refractivity contribution >= 4 is 11.9 Å². The number of carbonyl (C=O) groups is 2. The number of hydrogen-bond donors (Lipinski definition) is 3. The van der Waals surface area contributed by atoms with Crippen LogP contribution in [0.3, 0.4) is 0 Å². The topological polar surface area (TPSA) is 92.4 Å². The van der Waals surface area contributed by atoms with Crippen molar-refractivity contribution in [3.8, 4) is 0 Å². The van der Waals surface area contributed by atoms with Crippen molar-refractivity contribution < 1.29 is 14.7 Å². The van der Waals surface area contributed by atoms with Crippen LogP contribution in [0.4, 0.5) is 0 Å². The predicted octanol–water partition coefficient (Wildman–Crippen LogP) is -0.0493. The molecule has 0 bridgehead atoms. The van der Waals surface area contributed by atoms with Crippen molar-refractivity contribution in [3.05, 3.63) is 0 Å². The highest BCUT2D eigenvalue weighted by Gasteiger charge is 2.32. The first kappa shape index (κ1) is 12.0. The molecule has 0 saturated heterocycles. The number of carbonyl (C=O) groups excluding carboxylic acids is 1. The molecule has 0 spiro atoms. The van der Waals surface area contributed by atoms with Crippen molar-refractivity contribution in [2.45, 2.75) is 32.2 Å². The zero-order chi connectivity index (χ0) is 11.4. The summed E-state index contributed by atoms with van der Waals surface area (Å²) in [6, 6.07) is -0.699. The Balaban J connectivity index is 2.12. The molecule has 0 heterocycles. The van der Waals surface area contributed by atoms with Crippen LogP contribution in [0.5, 0.6) is 0 Å². The predicted molar refractivity (Wildman–Crippen MR) is 55.1 cm³/mol. The van der Waals surface area contributed by atoms with Gasteiger partial charge in [-0.25, -0.2) is 0 Å². The Hall–Kier alpha value is -1.10. The zero-order valence-electron chi connectivity index (χ0n) is 8.90. The molecule has 0 aromatic heterocycles. The Bertz CT molecular complexity index is 255. The van der Waals surface area contributed by atoms with Gasteiger partial charge in [-0.2, -0.15) is 0 Å². The second-order valence-corrected chi connectivity index (χ2v) is 4.26. The largest absolute Gasteiger partial charge is 0.481 e. The summed E-state index contributed by atoms with van der Waals surface area (Å²) in [4.78, 5) is 21.6. The number of hydrogen-bond acceptors (Lipinski definition) is 3. The molecule has 3 atom stereocenters. The zero-order valence-corrected chi connectivity index (χ0v) is 8.90. The highest BCUT2D eigenvalue weighted by Crippen LogP contribution is 2.36. The van der Waals surface area contributed by atoms with Gasteiger partial charge in [0, 0.05) is 13.0 Å². The molecule has 0 radical (unpaired) electrons. The van der Waals surface area contributed by atoms with Gasteiger partial charge in [-0.05, 0) is 24.7 Å². The van der Waals surface area contributed by atoms with Gasteiger partial charge in [0.2, 0.25) is 5.91 Å².